The second-order valence-corrected chi connectivity index (χ2v) is 14.4. The summed E-state index contributed by atoms with van der Waals surface area (Å²) < 4.78 is 58.3. The number of alkyl halides is 1. The van der Waals surface area contributed by atoms with Crippen LogP contribution in [-0.4, -0.2) is 51.6 Å². The van der Waals surface area contributed by atoms with Crippen LogP contribution in [0.5, 0.6) is 17.2 Å². The number of thioether (sulfide) groups is 1. The third-order valence-electron chi connectivity index (χ3n) is 6.50. The first kappa shape index (κ1) is 35.4. The highest BCUT2D eigenvalue weighted by molar-refractivity contribution is 8.07. The van der Waals surface area contributed by atoms with Gasteiger partial charge in [-0.2, -0.15) is 0 Å². The Bertz CT molecular complexity index is 1850. The summed E-state index contributed by atoms with van der Waals surface area (Å²) in [6.45, 7) is 3.44. The minimum absolute atomic E-state index is 0.0453. The zero-order chi connectivity index (χ0) is 33.9. The van der Waals surface area contributed by atoms with Crippen LogP contribution in [0, 0.1) is 5.82 Å². The van der Waals surface area contributed by atoms with Gasteiger partial charge in [0.25, 0.3) is 15.9 Å². The SMILES string of the molecule is CCOc1ccc(N(C)S(=O)(=O)C2=C(C(=O)Nc3cc(F)cc(C(=O)Oc4cc(Cl)c(C(C)=O)c(Cl)c4)c3)SC(Cl)C2)cc1OC. The second-order valence-electron chi connectivity index (χ2n) is 9.62. The minimum Gasteiger partial charge on any atom is -0.493 e. The molecule has 1 amide bonds. The molecular formula is C30H26Cl3FN2O8S2. The molecule has 1 N–H and O–H groups in total. The molecule has 1 heterocycles. The van der Waals surface area contributed by atoms with Crippen LogP contribution in [0.15, 0.2) is 58.3 Å². The Morgan fingerprint density at radius 2 is 1.74 bits per heavy atom. The number of hydrogen-bond acceptors (Lipinski definition) is 9. The van der Waals surface area contributed by atoms with Crippen molar-refractivity contribution in [1.82, 2.24) is 0 Å². The predicted octanol–water partition coefficient (Wildman–Crippen LogP) is 7.28. The number of methoxy groups -OCH3 is 1. The standard InChI is InChI=1S/C30H26Cl3FN2O8S2/c1-5-43-23-7-6-19(11-24(23)42-4)36(3)46(40,41)25-14-26(33)45-28(25)29(38)35-18-9-16(8-17(34)10-18)30(39)44-20-12-21(31)27(15(2)37)22(32)13-20/h6-13,26H,5,14H2,1-4H3,(H,35,38). The van der Waals surface area contributed by atoms with Crippen LogP contribution < -0.4 is 23.8 Å². The van der Waals surface area contributed by atoms with E-state index in [1.807, 2.05) is 0 Å². The number of Topliss-reactive ketones (excluding diaryl/α,β-unsaturated/α-hetero) is 1. The first-order valence-corrected chi connectivity index (χ1v) is 16.8. The molecule has 3 aromatic carbocycles. The van der Waals surface area contributed by atoms with Crippen molar-refractivity contribution in [3.05, 3.63) is 85.3 Å². The van der Waals surface area contributed by atoms with Gasteiger partial charge in [0.05, 0.1) is 55.1 Å². The molecule has 1 unspecified atom stereocenters. The maximum absolute atomic E-state index is 14.6. The van der Waals surface area contributed by atoms with Gasteiger partial charge in [0, 0.05) is 37.4 Å². The molecule has 4 rings (SSSR count). The van der Waals surface area contributed by atoms with Gasteiger partial charge in [-0.05, 0) is 44.2 Å². The van der Waals surface area contributed by atoms with Crippen LogP contribution in [0.1, 0.15) is 41.0 Å². The number of anilines is 2. The number of halogens is 4. The molecule has 0 bridgehead atoms. The highest BCUT2D eigenvalue weighted by atomic mass is 35.5. The Kier molecular flexibility index (Phi) is 11.2. The number of hydrogen-bond donors (Lipinski definition) is 1. The fourth-order valence-corrected chi connectivity index (χ4v) is 8.50. The molecule has 0 fully saturated rings. The van der Waals surface area contributed by atoms with Crippen molar-refractivity contribution >= 4 is 85.6 Å². The molecular weight excluding hydrogens is 706 g/mol. The smallest absolute Gasteiger partial charge is 0.343 e. The minimum atomic E-state index is -4.28. The van der Waals surface area contributed by atoms with E-state index < -0.39 is 38.2 Å². The van der Waals surface area contributed by atoms with Crippen molar-refractivity contribution in [3.63, 3.8) is 0 Å². The van der Waals surface area contributed by atoms with E-state index in [0.717, 1.165) is 34.3 Å². The molecule has 244 valence electrons. The van der Waals surface area contributed by atoms with Gasteiger partial charge >= 0.3 is 5.97 Å². The van der Waals surface area contributed by atoms with Gasteiger partial charge in [-0.3, -0.25) is 13.9 Å². The van der Waals surface area contributed by atoms with Crippen molar-refractivity contribution in [2.24, 2.45) is 0 Å². The van der Waals surface area contributed by atoms with Crippen molar-refractivity contribution in [2.45, 2.75) is 25.0 Å². The van der Waals surface area contributed by atoms with Gasteiger partial charge in [-0.1, -0.05) is 35.0 Å². The number of rotatable bonds is 11. The summed E-state index contributed by atoms with van der Waals surface area (Å²) >= 11 is 19.3. The summed E-state index contributed by atoms with van der Waals surface area (Å²) in [6, 6.07) is 9.94. The highest BCUT2D eigenvalue weighted by Crippen LogP contribution is 2.44. The Hall–Kier alpha value is -3.49. The summed E-state index contributed by atoms with van der Waals surface area (Å²) in [6.07, 6.45) is -0.163. The number of allylic oxidation sites excluding steroid dienone is 1. The monoisotopic (exact) mass is 730 g/mol. The van der Waals surface area contributed by atoms with Gasteiger partial charge in [-0.25, -0.2) is 17.6 Å². The summed E-state index contributed by atoms with van der Waals surface area (Å²) in [4.78, 5) is 37.5. The average molecular weight is 732 g/mol. The largest absolute Gasteiger partial charge is 0.493 e. The van der Waals surface area contributed by atoms with Gasteiger partial charge < -0.3 is 19.5 Å². The molecule has 0 spiro atoms. The maximum atomic E-state index is 14.6. The van der Waals surface area contributed by atoms with Crippen LogP contribution in [0.4, 0.5) is 15.8 Å². The Labute approximate surface area is 283 Å². The maximum Gasteiger partial charge on any atom is 0.343 e. The lowest BCUT2D eigenvalue weighted by atomic mass is 10.1. The zero-order valence-electron chi connectivity index (χ0n) is 24.7. The topological polar surface area (TPSA) is 128 Å². The van der Waals surface area contributed by atoms with E-state index in [0.29, 0.717) is 18.1 Å². The molecule has 1 atom stereocenters. The summed E-state index contributed by atoms with van der Waals surface area (Å²) in [5, 5.41) is 2.34. The van der Waals surface area contributed by atoms with Gasteiger partial charge in [0.2, 0.25) is 0 Å². The third kappa shape index (κ3) is 7.72. The highest BCUT2D eigenvalue weighted by Gasteiger charge is 2.38. The number of carbonyl (C=O) groups is 3. The Morgan fingerprint density at radius 1 is 1.07 bits per heavy atom. The van der Waals surface area contributed by atoms with Crippen LogP contribution in [-0.2, 0) is 14.8 Å². The van der Waals surface area contributed by atoms with Crippen molar-refractivity contribution in [1.29, 1.82) is 0 Å². The molecule has 0 saturated carbocycles. The number of amides is 1. The lowest BCUT2D eigenvalue weighted by Crippen LogP contribution is -2.29. The zero-order valence-corrected chi connectivity index (χ0v) is 28.6. The number of ketones is 1. The molecule has 1 aliphatic heterocycles. The molecule has 46 heavy (non-hydrogen) atoms. The summed E-state index contributed by atoms with van der Waals surface area (Å²) in [5.41, 5.74) is -0.169. The van der Waals surface area contributed by atoms with Crippen molar-refractivity contribution in [2.75, 3.05) is 30.4 Å². The molecule has 10 nitrogen and oxygen atoms in total. The average Bonchev–Trinajstić information content (AvgIpc) is 3.39. The van der Waals surface area contributed by atoms with E-state index in [2.05, 4.69) is 5.32 Å². The van der Waals surface area contributed by atoms with Crippen molar-refractivity contribution in [3.8, 4) is 17.2 Å². The van der Waals surface area contributed by atoms with Gasteiger partial charge in [-0.15, -0.1) is 11.6 Å². The first-order valence-electron chi connectivity index (χ1n) is 13.3. The van der Waals surface area contributed by atoms with Crippen LogP contribution in [0.25, 0.3) is 0 Å². The number of benzene rings is 3. The molecule has 0 saturated heterocycles. The van der Waals surface area contributed by atoms with E-state index in [1.54, 1.807) is 13.0 Å². The van der Waals surface area contributed by atoms with Crippen LogP contribution in [0.2, 0.25) is 10.0 Å². The lowest BCUT2D eigenvalue weighted by molar-refractivity contribution is -0.112. The number of carbonyl (C=O) groups excluding carboxylic acids is 3. The third-order valence-corrected chi connectivity index (χ3v) is 10.7. The fraction of sp³-hybridized carbons (Fsp3) is 0.233. The lowest BCUT2D eigenvalue weighted by Gasteiger charge is -2.22. The first-order chi connectivity index (χ1) is 21.7. The number of nitrogens with one attached hydrogen (secondary N) is 1. The molecule has 16 heteroatoms. The predicted molar refractivity (Wildman–Crippen MR) is 177 cm³/mol. The van der Waals surface area contributed by atoms with E-state index in [4.69, 9.17) is 49.0 Å². The fourth-order valence-electron chi connectivity index (χ4n) is 4.39. The number of ether oxygens (including phenoxy) is 3. The van der Waals surface area contributed by atoms with E-state index in [-0.39, 0.29) is 54.5 Å². The Morgan fingerprint density at radius 3 is 2.35 bits per heavy atom. The second kappa shape index (κ2) is 14.5. The molecule has 3 aromatic rings. The van der Waals surface area contributed by atoms with Crippen molar-refractivity contribution < 1.29 is 41.4 Å². The normalized spacial score (nSPS) is 14.6. The molecule has 0 aromatic heterocycles. The number of sulfonamides is 1. The van der Waals surface area contributed by atoms with E-state index in [9.17, 15) is 27.2 Å². The molecule has 1 aliphatic rings. The van der Waals surface area contributed by atoms with Gasteiger partial charge in [0.15, 0.2) is 17.3 Å². The van der Waals surface area contributed by atoms with Gasteiger partial charge in [0.1, 0.15) is 11.6 Å². The van der Waals surface area contributed by atoms with E-state index >= 15 is 0 Å². The van der Waals surface area contributed by atoms with Crippen LogP contribution >= 0.6 is 46.6 Å². The molecule has 0 aliphatic carbocycles. The van der Waals surface area contributed by atoms with E-state index in [1.165, 1.54) is 45.3 Å². The molecule has 0 radical (unpaired) electrons. The van der Waals surface area contributed by atoms with Crippen LogP contribution in [0.3, 0.4) is 0 Å². The number of nitrogens with zero attached hydrogens (tertiary/aromatic N) is 1. The summed E-state index contributed by atoms with van der Waals surface area (Å²) in [7, 11) is -1.55. The Balaban J connectivity index is 1.59. The number of esters is 1. The summed E-state index contributed by atoms with van der Waals surface area (Å²) in [5.74, 6) is -2.57. The quantitative estimate of drug-likeness (QED) is 0.0937.